The standard InChI is InChI=1S/C15H13NO4/c1-20-15-9-6-12(10-14(15)16(18)19)3-2-11-4-7-13(17)8-5-11/h2-10,17H,1H3/b3-2-. The normalized spacial score (nSPS) is 10.7. The second-order valence-corrected chi connectivity index (χ2v) is 4.11. The zero-order valence-corrected chi connectivity index (χ0v) is 10.8. The molecule has 0 spiro atoms. The topological polar surface area (TPSA) is 72.6 Å². The Bertz CT molecular complexity index is 647. The molecule has 0 heterocycles. The van der Waals surface area contributed by atoms with Crippen molar-refractivity contribution in [2.75, 3.05) is 7.11 Å². The van der Waals surface area contributed by atoms with Gasteiger partial charge in [0.05, 0.1) is 12.0 Å². The van der Waals surface area contributed by atoms with Gasteiger partial charge in [0.2, 0.25) is 0 Å². The van der Waals surface area contributed by atoms with Crippen molar-refractivity contribution in [2.45, 2.75) is 0 Å². The molecule has 0 aliphatic carbocycles. The first-order chi connectivity index (χ1) is 9.60. The van der Waals surface area contributed by atoms with Gasteiger partial charge < -0.3 is 9.84 Å². The Hall–Kier alpha value is -2.82. The van der Waals surface area contributed by atoms with Crippen LogP contribution in [0.5, 0.6) is 11.5 Å². The minimum Gasteiger partial charge on any atom is -0.508 e. The highest BCUT2D eigenvalue weighted by Gasteiger charge is 2.13. The quantitative estimate of drug-likeness (QED) is 0.525. The van der Waals surface area contributed by atoms with E-state index >= 15 is 0 Å². The van der Waals surface area contributed by atoms with Crippen LogP contribution < -0.4 is 4.74 Å². The number of benzene rings is 2. The summed E-state index contributed by atoms with van der Waals surface area (Å²) in [4.78, 5) is 10.4. The predicted octanol–water partition coefficient (Wildman–Crippen LogP) is 3.48. The van der Waals surface area contributed by atoms with E-state index in [1.807, 2.05) is 6.08 Å². The first-order valence-electron chi connectivity index (χ1n) is 5.89. The second kappa shape index (κ2) is 5.88. The summed E-state index contributed by atoms with van der Waals surface area (Å²) in [6, 6.07) is 11.4. The molecule has 0 aliphatic rings. The van der Waals surface area contributed by atoms with Crippen LogP contribution in [0.4, 0.5) is 5.69 Å². The number of nitro groups is 1. The molecule has 0 unspecified atom stereocenters. The van der Waals surface area contributed by atoms with Gasteiger partial charge in [-0.1, -0.05) is 30.4 Å². The number of ether oxygens (including phenoxy) is 1. The van der Waals surface area contributed by atoms with Crippen molar-refractivity contribution in [3.63, 3.8) is 0 Å². The monoisotopic (exact) mass is 271 g/mol. The van der Waals surface area contributed by atoms with Crippen LogP contribution in [-0.4, -0.2) is 17.1 Å². The van der Waals surface area contributed by atoms with Gasteiger partial charge in [-0.05, 0) is 29.3 Å². The summed E-state index contributed by atoms with van der Waals surface area (Å²) in [6.45, 7) is 0. The van der Waals surface area contributed by atoms with Crippen LogP contribution in [0.3, 0.4) is 0 Å². The number of hydrogen-bond donors (Lipinski definition) is 1. The number of nitro benzene ring substituents is 1. The van der Waals surface area contributed by atoms with E-state index in [-0.39, 0.29) is 17.2 Å². The molecule has 0 saturated carbocycles. The van der Waals surface area contributed by atoms with E-state index in [4.69, 9.17) is 4.74 Å². The second-order valence-electron chi connectivity index (χ2n) is 4.11. The minimum absolute atomic E-state index is 0.0691. The third-order valence-electron chi connectivity index (χ3n) is 2.76. The average molecular weight is 271 g/mol. The molecule has 2 aromatic rings. The molecule has 2 rings (SSSR count). The Morgan fingerprint density at radius 2 is 1.70 bits per heavy atom. The Morgan fingerprint density at radius 3 is 2.30 bits per heavy atom. The lowest BCUT2D eigenvalue weighted by Gasteiger charge is -2.02. The van der Waals surface area contributed by atoms with Crippen molar-refractivity contribution in [3.05, 3.63) is 63.7 Å². The highest BCUT2D eigenvalue weighted by atomic mass is 16.6. The van der Waals surface area contributed by atoms with Gasteiger partial charge in [0.25, 0.3) is 0 Å². The van der Waals surface area contributed by atoms with Gasteiger partial charge in [-0.15, -0.1) is 0 Å². The summed E-state index contributed by atoms with van der Waals surface area (Å²) >= 11 is 0. The first kappa shape index (κ1) is 13.6. The molecule has 20 heavy (non-hydrogen) atoms. The van der Waals surface area contributed by atoms with Crippen molar-refractivity contribution in [3.8, 4) is 11.5 Å². The van der Waals surface area contributed by atoms with Gasteiger partial charge in [0, 0.05) is 6.07 Å². The first-order valence-corrected chi connectivity index (χ1v) is 5.89. The van der Waals surface area contributed by atoms with Crippen molar-refractivity contribution in [1.82, 2.24) is 0 Å². The molecular weight excluding hydrogens is 258 g/mol. The van der Waals surface area contributed by atoms with Crippen LogP contribution in [0.25, 0.3) is 12.2 Å². The fraction of sp³-hybridized carbons (Fsp3) is 0.0667. The van der Waals surface area contributed by atoms with Gasteiger partial charge in [-0.25, -0.2) is 0 Å². The average Bonchev–Trinajstić information content (AvgIpc) is 2.46. The third-order valence-corrected chi connectivity index (χ3v) is 2.76. The van der Waals surface area contributed by atoms with Gasteiger partial charge in [0.1, 0.15) is 5.75 Å². The van der Waals surface area contributed by atoms with Crippen molar-refractivity contribution >= 4 is 17.8 Å². The van der Waals surface area contributed by atoms with Crippen molar-refractivity contribution in [1.29, 1.82) is 0 Å². The molecule has 0 radical (unpaired) electrons. The molecule has 0 fully saturated rings. The van der Waals surface area contributed by atoms with E-state index in [0.717, 1.165) is 5.56 Å². The minimum atomic E-state index is -0.475. The number of phenolic OH excluding ortho intramolecular Hbond substituents is 1. The Balaban J connectivity index is 2.27. The van der Waals surface area contributed by atoms with E-state index in [1.165, 1.54) is 13.2 Å². The predicted molar refractivity (Wildman–Crippen MR) is 76.7 cm³/mol. The summed E-state index contributed by atoms with van der Waals surface area (Å²) in [5, 5.41) is 20.1. The van der Waals surface area contributed by atoms with Gasteiger partial charge in [0.15, 0.2) is 5.75 Å². The lowest BCUT2D eigenvalue weighted by atomic mass is 10.1. The zero-order valence-electron chi connectivity index (χ0n) is 10.8. The van der Waals surface area contributed by atoms with E-state index in [2.05, 4.69) is 0 Å². The van der Waals surface area contributed by atoms with Crippen molar-refractivity contribution in [2.24, 2.45) is 0 Å². The van der Waals surface area contributed by atoms with Gasteiger partial charge in [-0.2, -0.15) is 0 Å². The molecule has 102 valence electrons. The van der Waals surface area contributed by atoms with Crippen LogP contribution in [0, 0.1) is 10.1 Å². The SMILES string of the molecule is COc1ccc(/C=C\c2ccc(O)cc2)cc1[N+](=O)[O-]. The maximum atomic E-state index is 10.9. The van der Waals surface area contributed by atoms with E-state index in [1.54, 1.807) is 42.5 Å². The van der Waals surface area contributed by atoms with Crippen LogP contribution in [0.2, 0.25) is 0 Å². The lowest BCUT2D eigenvalue weighted by Crippen LogP contribution is -1.93. The molecule has 5 heteroatoms. The largest absolute Gasteiger partial charge is 0.508 e. The molecular formula is C15H13NO4. The Morgan fingerprint density at radius 1 is 1.10 bits per heavy atom. The lowest BCUT2D eigenvalue weighted by molar-refractivity contribution is -0.385. The summed E-state index contributed by atoms with van der Waals surface area (Å²) in [6.07, 6.45) is 3.57. The number of phenols is 1. The number of methoxy groups -OCH3 is 1. The maximum absolute atomic E-state index is 10.9. The van der Waals surface area contributed by atoms with Crippen LogP contribution in [-0.2, 0) is 0 Å². The van der Waals surface area contributed by atoms with E-state index in [9.17, 15) is 15.2 Å². The Labute approximate surface area is 115 Å². The van der Waals surface area contributed by atoms with E-state index < -0.39 is 4.92 Å². The zero-order chi connectivity index (χ0) is 14.5. The molecule has 0 aromatic heterocycles. The smallest absolute Gasteiger partial charge is 0.311 e. The molecule has 5 nitrogen and oxygen atoms in total. The van der Waals surface area contributed by atoms with Gasteiger partial charge in [-0.3, -0.25) is 10.1 Å². The van der Waals surface area contributed by atoms with Gasteiger partial charge >= 0.3 is 5.69 Å². The molecule has 2 aromatic carbocycles. The number of hydrogen-bond acceptors (Lipinski definition) is 4. The molecule has 0 amide bonds. The Kier molecular flexibility index (Phi) is 4.00. The molecule has 0 saturated heterocycles. The third kappa shape index (κ3) is 3.14. The van der Waals surface area contributed by atoms with Crippen LogP contribution in [0.1, 0.15) is 11.1 Å². The maximum Gasteiger partial charge on any atom is 0.311 e. The van der Waals surface area contributed by atoms with Crippen LogP contribution in [0.15, 0.2) is 42.5 Å². The van der Waals surface area contributed by atoms with E-state index in [0.29, 0.717) is 5.56 Å². The summed E-state index contributed by atoms with van der Waals surface area (Å²) in [5.74, 6) is 0.430. The number of rotatable bonds is 4. The van der Waals surface area contributed by atoms with Crippen LogP contribution >= 0.6 is 0 Å². The summed E-state index contributed by atoms with van der Waals surface area (Å²) in [5.41, 5.74) is 1.52. The fourth-order valence-electron chi connectivity index (χ4n) is 1.73. The number of nitrogens with zero attached hydrogens (tertiary/aromatic N) is 1. The molecule has 0 aliphatic heterocycles. The highest BCUT2D eigenvalue weighted by Crippen LogP contribution is 2.28. The summed E-state index contributed by atoms with van der Waals surface area (Å²) in [7, 11) is 1.40. The summed E-state index contributed by atoms with van der Waals surface area (Å²) < 4.78 is 4.94. The van der Waals surface area contributed by atoms with Crippen molar-refractivity contribution < 1.29 is 14.8 Å². The molecule has 0 bridgehead atoms. The highest BCUT2D eigenvalue weighted by molar-refractivity contribution is 5.71. The molecule has 0 atom stereocenters. The molecule has 1 N–H and O–H groups in total. The fourth-order valence-corrected chi connectivity index (χ4v) is 1.73. The number of aromatic hydroxyl groups is 1.